The van der Waals surface area contributed by atoms with Gasteiger partial charge in [-0.3, -0.25) is 14.3 Å². The number of hydrogen-bond acceptors (Lipinski definition) is 7. The molecule has 6 rings (SSSR count). The first-order valence-electron chi connectivity index (χ1n) is 15.5. The minimum atomic E-state index is -1.74. The molecule has 0 radical (unpaired) electrons. The molecule has 0 spiro atoms. The van der Waals surface area contributed by atoms with E-state index in [0.717, 1.165) is 27.8 Å². The number of halogens is 1. The molecule has 4 aromatic rings. The number of aromatic nitrogens is 3. The Morgan fingerprint density at radius 2 is 1.87 bits per heavy atom. The molecule has 3 N–H and O–H groups in total. The number of aliphatic hydroxyl groups is 2. The molecular formula is C35H37BrN6O4. The monoisotopic (exact) mass is 684 g/mol. The highest BCUT2D eigenvalue weighted by molar-refractivity contribution is 9.10. The summed E-state index contributed by atoms with van der Waals surface area (Å²) < 4.78 is 2.52. The predicted molar refractivity (Wildman–Crippen MR) is 179 cm³/mol. The number of amides is 2. The van der Waals surface area contributed by atoms with Gasteiger partial charge in [-0.25, -0.2) is 0 Å². The smallest absolute Gasteiger partial charge is 0.264 e. The lowest BCUT2D eigenvalue weighted by Crippen LogP contribution is -2.48. The highest BCUT2D eigenvalue weighted by atomic mass is 79.9. The van der Waals surface area contributed by atoms with Crippen LogP contribution in [0, 0.1) is 5.92 Å². The molecule has 46 heavy (non-hydrogen) atoms. The maximum Gasteiger partial charge on any atom is 0.264 e. The summed E-state index contributed by atoms with van der Waals surface area (Å²) in [7, 11) is 0. The fraction of sp³-hybridized carbons (Fsp3) is 0.314. The summed E-state index contributed by atoms with van der Waals surface area (Å²) >= 11 is 3.52. The van der Waals surface area contributed by atoms with E-state index >= 15 is 0 Å². The van der Waals surface area contributed by atoms with E-state index in [1.54, 1.807) is 14.5 Å². The molecular weight excluding hydrogens is 648 g/mol. The van der Waals surface area contributed by atoms with Crippen LogP contribution in [0.5, 0.6) is 0 Å². The molecule has 10 nitrogen and oxygen atoms in total. The lowest BCUT2D eigenvalue weighted by Gasteiger charge is -2.28. The number of aliphatic hydroxyl groups excluding tert-OH is 1. The number of carbonyl (C=O) groups excluding carboxylic acids is 2. The van der Waals surface area contributed by atoms with Gasteiger partial charge in [-0.05, 0) is 47.9 Å². The number of nitrogens with one attached hydrogen (secondary N) is 1. The molecule has 1 saturated heterocycles. The molecule has 2 aliphatic heterocycles. The number of aryl methyl sites for hydroxylation is 1. The zero-order chi connectivity index (χ0) is 32.3. The van der Waals surface area contributed by atoms with Crippen LogP contribution in [0.4, 0.5) is 11.4 Å². The first-order valence-corrected chi connectivity index (χ1v) is 16.3. The Hall–Kier alpha value is -4.16. The number of carbonyl (C=O) groups is 2. The van der Waals surface area contributed by atoms with Crippen molar-refractivity contribution in [2.75, 3.05) is 36.0 Å². The summed E-state index contributed by atoms with van der Waals surface area (Å²) in [5.74, 6) is -1.10. The molecule has 238 valence electrons. The van der Waals surface area contributed by atoms with Crippen molar-refractivity contribution in [3.63, 3.8) is 0 Å². The summed E-state index contributed by atoms with van der Waals surface area (Å²) in [6, 6.07) is 22.9. The SMILES string of the molecule is C[C@@H](/C=C/CCn1cc(C(CO)c2ccccc2)nn1)[C@]1(O)C(=O)N(Cc2ccc(N3CCNCC3=O)cc2)c2ccc(Br)cc21. The number of nitrogens with zero attached hydrogens (tertiary/aromatic N) is 5. The Labute approximate surface area is 276 Å². The van der Waals surface area contributed by atoms with Gasteiger partial charge in [0.2, 0.25) is 5.91 Å². The maximum atomic E-state index is 14.0. The van der Waals surface area contributed by atoms with Crippen molar-refractivity contribution in [1.29, 1.82) is 0 Å². The van der Waals surface area contributed by atoms with Crippen LogP contribution in [0.25, 0.3) is 0 Å². The van der Waals surface area contributed by atoms with Gasteiger partial charge >= 0.3 is 0 Å². The molecule has 1 fully saturated rings. The van der Waals surface area contributed by atoms with Crippen molar-refractivity contribution in [3.05, 3.63) is 118 Å². The van der Waals surface area contributed by atoms with Crippen LogP contribution in [0.15, 0.2) is 95.6 Å². The molecule has 1 aromatic heterocycles. The number of anilines is 2. The second-order valence-corrected chi connectivity index (χ2v) is 12.7. The third-order valence-electron chi connectivity index (χ3n) is 8.82. The number of piperazine rings is 1. The molecule has 3 aromatic carbocycles. The van der Waals surface area contributed by atoms with Gasteiger partial charge in [0.25, 0.3) is 5.91 Å². The largest absolute Gasteiger partial charge is 0.395 e. The standard InChI is InChI=1S/C35H37BrN6O4/c1-24(7-5-6-17-40-22-31(38-39-40)29(23-43)26-8-3-2-4-9-26)35(46)30-19-27(36)12-15-32(30)42(34(35)45)21-25-10-13-28(14-11-25)41-18-16-37-20-33(41)44/h2-5,7-15,19,22,24,29,37,43,46H,6,16-18,20-21,23H2,1H3/b7-5+/t24-,29?,35+/m0/s1. The van der Waals surface area contributed by atoms with Crippen molar-refractivity contribution in [1.82, 2.24) is 20.3 Å². The second-order valence-electron chi connectivity index (χ2n) is 11.8. The van der Waals surface area contributed by atoms with Gasteiger partial charge in [0.15, 0.2) is 5.60 Å². The summed E-state index contributed by atoms with van der Waals surface area (Å²) in [5, 5.41) is 33.6. The lowest BCUT2D eigenvalue weighted by atomic mass is 9.83. The van der Waals surface area contributed by atoms with Gasteiger partial charge < -0.3 is 25.3 Å². The first-order chi connectivity index (χ1) is 22.3. The van der Waals surface area contributed by atoms with Gasteiger partial charge in [-0.2, -0.15) is 0 Å². The second kappa shape index (κ2) is 13.7. The third-order valence-corrected chi connectivity index (χ3v) is 9.31. The average Bonchev–Trinajstić information content (AvgIpc) is 3.62. The van der Waals surface area contributed by atoms with Crippen LogP contribution >= 0.6 is 15.9 Å². The molecule has 0 saturated carbocycles. The van der Waals surface area contributed by atoms with Crippen LogP contribution in [0.1, 0.15) is 41.6 Å². The summed E-state index contributed by atoms with van der Waals surface area (Å²) in [6.07, 6.45) is 6.29. The number of fused-ring (bicyclic) bond motifs is 1. The topological polar surface area (TPSA) is 124 Å². The molecule has 2 amide bonds. The van der Waals surface area contributed by atoms with Crippen LogP contribution in [-0.2, 0) is 28.3 Å². The minimum absolute atomic E-state index is 0.0322. The normalized spacial score (nSPS) is 19.6. The van der Waals surface area contributed by atoms with Crippen LogP contribution in [0.3, 0.4) is 0 Å². The van der Waals surface area contributed by atoms with Gasteiger partial charge in [0, 0.05) is 47.5 Å². The zero-order valence-corrected chi connectivity index (χ0v) is 27.2. The van der Waals surface area contributed by atoms with Crippen molar-refractivity contribution in [2.24, 2.45) is 5.92 Å². The van der Waals surface area contributed by atoms with Crippen LogP contribution < -0.4 is 15.1 Å². The highest BCUT2D eigenvalue weighted by Crippen LogP contribution is 2.46. The molecule has 2 aliphatic rings. The summed E-state index contributed by atoms with van der Waals surface area (Å²) in [4.78, 5) is 29.7. The quantitative estimate of drug-likeness (QED) is 0.203. The number of allylic oxidation sites excluding steroid dienone is 1. The third kappa shape index (κ3) is 6.28. The van der Waals surface area contributed by atoms with Crippen LogP contribution in [0.2, 0.25) is 0 Å². The van der Waals surface area contributed by atoms with E-state index in [1.807, 2.05) is 98.1 Å². The Bertz CT molecular complexity index is 1730. The molecule has 3 heterocycles. The van der Waals surface area contributed by atoms with Crippen molar-refractivity contribution in [3.8, 4) is 0 Å². The Morgan fingerprint density at radius 3 is 2.61 bits per heavy atom. The van der Waals surface area contributed by atoms with Crippen LogP contribution in [-0.4, -0.2) is 63.3 Å². The van der Waals surface area contributed by atoms with E-state index in [2.05, 4.69) is 31.6 Å². The van der Waals surface area contributed by atoms with E-state index in [0.29, 0.717) is 43.0 Å². The van der Waals surface area contributed by atoms with E-state index in [-0.39, 0.29) is 30.9 Å². The van der Waals surface area contributed by atoms with Gasteiger partial charge in [-0.15, -0.1) is 5.10 Å². The Balaban J connectivity index is 1.14. The van der Waals surface area contributed by atoms with Gasteiger partial charge in [0.1, 0.15) is 0 Å². The number of hydrogen-bond donors (Lipinski definition) is 3. The Kier molecular flexibility index (Phi) is 9.46. The molecule has 3 atom stereocenters. The highest BCUT2D eigenvalue weighted by Gasteiger charge is 2.52. The fourth-order valence-corrected chi connectivity index (χ4v) is 6.56. The molecule has 11 heteroatoms. The minimum Gasteiger partial charge on any atom is -0.395 e. The summed E-state index contributed by atoms with van der Waals surface area (Å²) in [6.45, 7) is 4.30. The first kappa shape index (κ1) is 31.8. The van der Waals surface area contributed by atoms with Crippen molar-refractivity contribution < 1.29 is 19.8 Å². The van der Waals surface area contributed by atoms with Gasteiger partial charge in [-0.1, -0.05) is 82.7 Å². The van der Waals surface area contributed by atoms with E-state index < -0.39 is 11.5 Å². The van der Waals surface area contributed by atoms with E-state index in [4.69, 9.17) is 0 Å². The fourth-order valence-electron chi connectivity index (χ4n) is 6.20. The zero-order valence-electron chi connectivity index (χ0n) is 25.6. The predicted octanol–water partition coefficient (Wildman–Crippen LogP) is 4.12. The molecule has 0 aliphatic carbocycles. The molecule has 1 unspecified atom stereocenters. The number of benzene rings is 3. The maximum absolute atomic E-state index is 14.0. The van der Waals surface area contributed by atoms with Crippen molar-refractivity contribution >= 4 is 39.1 Å². The average molecular weight is 686 g/mol. The van der Waals surface area contributed by atoms with Gasteiger partial charge in [0.05, 0.1) is 37.0 Å². The number of rotatable bonds is 11. The lowest BCUT2D eigenvalue weighted by molar-refractivity contribution is -0.139. The van der Waals surface area contributed by atoms with Crippen molar-refractivity contribution in [2.45, 2.75) is 38.0 Å². The van der Waals surface area contributed by atoms with E-state index in [9.17, 15) is 19.8 Å². The Morgan fingerprint density at radius 1 is 1.09 bits per heavy atom. The van der Waals surface area contributed by atoms with E-state index in [1.165, 1.54) is 0 Å². The molecule has 0 bridgehead atoms. The summed E-state index contributed by atoms with van der Waals surface area (Å²) in [5.41, 5.74) is 2.88.